The van der Waals surface area contributed by atoms with Gasteiger partial charge in [0.1, 0.15) is 0 Å². The summed E-state index contributed by atoms with van der Waals surface area (Å²) >= 11 is 0. The van der Waals surface area contributed by atoms with Gasteiger partial charge in [0.25, 0.3) is 0 Å². The molecule has 3 nitrogen and oxygen atoms in total. The molecule has 3 heteroatoms. The van der Waals surface area contributed by atoms with Gasteiger partial charge in [0.2, 0.25) is 0 Å². The van der Waals surface area contributed by atoms with Crippen LogP contribution in [0.25, 0.3) is 0 Å². The number of hydrogen-bond acceptors (Lipinski definition) is 2. The van der Waals surface area contributed by atoms with Gasteiger partial charge in [-0.3, -0.25) is 4.68 Å². The summed E-state index contributed by atoms with van der Waals surface area (Å²) in [6.45, 7) is 3.08. The topological polar surface area (TPSA) is 29.9 Å². The van der Waals surface area contributed by atoms with E-state index in [1.165, 1.54) is 17.7 Å². The molecule has 0 bridgehead atoms. The van der Waals surface area contributed by atoms with E-state index >= 15 is 0 Å². The Kier molecular flexibility index (Phi) is 4.53. The first kappa shape index (κ1) is 12.8. The molecule has 0 aliphatic carbocycles. The third-order valence-corrected chi connectivity index (χ3v) is 3.23. The van der Waals surface area contributed by atoms with Crippen molar-refractivity contribution in [3.05, 3.63) is 53.9 Å². The summed E-state index contributed by atoms with van der Waals surface area (Å²) in [7, 11) is 1.98. The van der Waals surface area contributed by atoms with Crippen LogP contribution in [0.3, 0.4) is 0 Å². The van der Waals surface area contributed by atoms with Crippen molar-refractivity contribution in [1.29, 1.82) is 0 Å². The van der Waals surface area contributed by atoms with Gasteiger partial charge in [-0.15, -0.1) is 0 Å². The molecule has 1 atom stereocenters. The summed E-state index contributed by atoms with van der Waals surface area (Å²) in [5.41, 5.74) is 2.58. The van der Waals surface area contributed by atoms with Crippen LogP contribution in [-0.2, 0) is 13.6 Å². The molecule has 1 N–H and O–H groups in total. The first-order valence-electron chi connectivity index (χ1n) is 6.56. The summed E-state index contributed by atoms with van der Waals surface area (Å²) < 4.78 is 1.92. The first-order chi connectivity index (χ1) is 8.81. The smallest absolute Gasteiger partial charge is 0.0518 e. The molecular formula is C15H21N3. The monoisotopic (exact) mass is 243 g/mol. The molecule has 0 amide bonds. The molecule has 0 aliphatic rings. The molecule has 0 radical (unpaired) electrons. The van der Waals surface area contributed by atoms with Gasteiger partial charge in [-0.05, 0) is 18.1 Å². The first-order valence-corrected chi connectivity index (χ1v) is 6.56. The highest BCUT2D eigenvalue weighted by molar-refractivity contribution is 5.19. The van der Waals surface area contributed by atoms with E-state index in [-0.39, 0.29) is 0 Å². The van der Waals surface area contributed by atoms with Gasteiger partial charge >= 0.3 is 0 Å². The highest BCUT2D eigenvalue weighted by atomic mass is 15.3. The average Bonchev–Trinajstić information content (AvgIpc) is 2.81. The van der Waals surface area contributed by atoms with E-state index < -0.39 is 0 Å². The number of aryl methyl sites for hydroxylation is 1. The van der Waals surface area contributed by atoms with Crippen LogP contribution in [0.4, 0.5) is 0 Å². The maximum atomic E-state index is 4.19. The van der Waals surface area contributed by atoms with Gasteiger partial charge < -0.3 is 5.32 Å². The second-order valence-corrected chi connectivity index (χ2v) is 4.58. The second-order valence-electron chi connectivity index (χ2n) is 4.58. The number of aromatic nitrogens is 2. The van der Waals surface area contributed by atoms with Gasteiger partial charge in [0.15, 0.2) is 0 Å². The van der Waals surface area contributed by atoms with E-state index in [4.69, 9.17) is 0 Å². The Morgan fingerprint density at radius 3 is 2.61 bits per heavy atom. The molecule has 0 saturated heterocycles. The van der Waals surface area contributed by atoms with E-state index in [1.807, 2.05) is 17.9 Å². The molecule has 2 rings (SSSR count). The van der Waals surface area contributed by atoms with Gasteiger partial charge in [0.05, 0.1) is 5.69 Å². The van der Waals surface area contributed by atoms with Crippen molar-refractivity contribution in [3.8, 4) is 0 Å². The largest absolute Gasteiger partial charge is 0.304 e. The van der Waals surface area contributed by atoms with E-state index in [0.29, 0.717) is 6.04 Å². The van der Waals surface area contributed by atoms with Crippen molar-refractivity contribution in [1.82, 2.24) is 15.1 Å². The lowest BCUT2D eigenvalue weighted by molar-refractivity contribution is 0.481. The summed E-state index contributed by atoms with van der Waals surface area (Å²) in [4.78, 5) is 0. The maximum absolute atomic E-state index is 4.19. The zero-order valence-corrected chi connectivity index (χ0v) is 11.1. The molecule has 18 heavy (non-hydrogen) atoms. The Balaban J connectivity index is 2.01. The lowest BCUT2D eigenvalue weighted by atomic mass is 10.0. The minimum atomic E-state index is 0.422. The summed E-state index contributed by atoms with van der Waals surface area (Å²) in [5, 5.41) is 7.81. The Labute approximate surface area is 109 Å². The zero-order valence-electron chi connectivity index (χ0n) is 11.1. The predicted octanol–water partition coefficient (Wildman–Crippen LogP) is 3.05. The SMILES string of the molecule is CCCC(NCc1ccnn1C)c1ccccc1. The standard InChI is InChI=1S/C15H21N3/c1-3-7-15(13-8-5-4-6-9-13)16-12-14-10-11-17-18(14)2/h4-6,8-11,15-16H,3,7,12H2,1-2H3. The summed E-state index contributed by atoms with van der Waals surface area (Å²) in [6, 6.07) is 13.1. The van der Waals surface area contributed by atoms with Crippen LogP contribution in [0, 0.1) is 0 Å². The van der Waals surface area contributed by atoms with E-state index in [0.717, 1.165) is 13.0 Å². The molecule has 1 aromatic carbocycles. The fourth-order valence-corrected chi connectivity index (χ4v) is 2.16. The molecule has 1 unspecified atom stereocenters. The van der Waals surface area contributed by atoms with E-state index in [2.05, 4.69) is 53.7 Å². The van der Waals surface area contributed by atoms with Gasteiger partial charge in [-0.2, -0.15) is 5.10 Å². The number of rotatable bonds is 6. The van der Waals surface area contributed by atoms with Crippen molar-refractivity contribution < 1.29 is 0 Å². The Hall–Kier alpha value is -1.61. The van der Waals surface area contributed by atoms with Gasteiger partial charge in [-0.1, -0.05) is 43.7 Å². The third kappa shape index (κ3) is 3.20. The van der Waals surface area contributed by atoms with Crippen molar-refractivity contribution in [2.24, 2.45) is 7.05 Å². The van der Waals surface area contributed by atoms with Crippen LogP contribution >= 0.6 is 0 Å². The molecule has 0 saturated carbocycles. The molecule has 1 aromatic heterocycles. The van der Waals surface area contributed by atoms with Gasteiger partial charge in [-0.25, -0.2) is 0 Å². The Bertz CT molecular complexity index is 462. The molecule has 0 fully saturated rings. The fraction of sp³-hybridized carbons (Fsp3) is 0.400. The minimum absolute atomic E-state index is 0.422. The number of nitrogens with one attached hydrogen (secondary N) is 1. The van der Waals surface area contributed by atoms with Crippen molar-refractivity contribution in [2.45, 2.75) is 32.4 Å². The lowest BCUT2D eigenvalue weighted by Gasteiger charge is -2.18. The number of nitrogens with zero attached hydrogens (tertiary/aromatic N) is 2. The normalized spacial score (nSPS) is 12.6. The van der Waals surface area contributed by atoms with Gasteiger partial charge in [0, 0.05) is 25.8 Å². The maximum Gasteiger partial charge on any atom is 0.0518 e. The Morgan fingerprint density at radius 2 is 2.00 bits per heavy atom. The lowest BCUT2D eigenvalue weighted by Crippen LogP contribution is -2.22. The summed E-state index contributed by atoms with van der Waals surface area (Å²) in [6.07, 6.45) is 4.17. The van der Waals surface area contributed by atoms with Crippen LogP contribution in [0.15, 0.2) is 42.6 Å². The van der Waals surface area contributed by atoms with Crippen molar-refractivity contribution >= 4 is 0 Å². The van der Waals surface area contributed by atoms with E-state index in [1.54, 1.807) is 0 Å². The zero-order chi connectivity index (χ0) is 12.8. The molecular weight excluding hydrogens is 222 g/mol. The van der Waals surface area contributed by atoms with Crippen LogP contribution in [-0.4, -0.2) is 9.78 Å². The van der Waals surface area contributed by atoms with E-state index in [9.17, 15) is 0 Å². The average molecular weight is 243 g/mol. The molecule has 2 aromatic rings. The van der Waals surface area contributed by atoms with Crippen LogP contribution < -0.4 is 5.32 Å². The third-order valence-electron chi connectivity index (χ3n) is 3.23. The fourth-order valence-electron chi connectivity index (χ4n) is 2.16. The second kappa shape index (κ2) is 6.36. The van der Waals surface area contributed by atoms with Crippen LogP contribution in [0.2, 0.25) is 0 Å². The Morgan fingerprint density at radius 1 is 1.22 bits per heavy atom. The van der Waals surface area contributed by atoms with Crippen molar-refractivity contribution in [2.75, 3.05) is 0 Å². The highest BCUT2D eigenvalue weighted by Crippen LogP contribution is 2.18. The molecule has 1 heterocycles. The minimum Gasteiger partial charge on any atom is -0.304 e. The number of hydrogen-bond donors (Lipinski definition) is 1. The predicted molar refractivity (Wildman–Crippen MR) is 74.1 cm³/mol. The van der Waals surface area contributed by atoms with Crippen LogP contribution in [0.1, 0.15) is 37.1 Å². The highest BCUT2D eigenvalue weighted by Gasteiger charge is 2.10. The van der Waals surface area contributed by atoms with Crippen molar-refractivity contribution in [3.63, 3.8) is 0 Å². The number of benzene rings is 1. The molecule has 96 valence electrons. The molecule has 0 spiro atoms. The quantitative estimate of drug-likeness (QED) is 0.845. The molecule has 0 aliphatic heterocycles. The summed E-state index contributed by atoms with van der Waals surface area (Å²) in [5.74, 6) is 0. The van der Waals surface area contributed by atoms with Crippen LogP contribution in [0.5, 0.6) is 0 Å².